The van der Waals surface area contributed by atoms with Crippen LogP contribution in [0.1, 0.15) is 37.3 Å². The van der Waals surface area contributed by atoms with E-state index in [4.69, 9.17) is 13.9 Å². The van der Waals surface area contributed by atoms with Crippen molar-refractivity contribution in [1.29, 1.82) is 0 Å². The summed E-state index contributed by atoms with van der Waals surface area (Å²) in [6, 6.07) is 4.81. The van der Waals surface area contributed by atoms with Crippen LogP contribution >= 0.6 is 11.3 Å². The molecular formula is C20H20N4O4S. The fourth-order valence-electron chi connectivity index (χ4n) is 2.52. The molecule has 150 valence electrons. The molecule has 0 saturated carbocycles. The molecule has 3 heterocycles. The number of anilines is 2. The van der Waals surface area contributed by atoms with Crippen LogP contribution in [0.5, 0.6) is 11.5 Å². The van der Waals surface area contributed by atoms with Crippen molar-refractivity contribution in [2.45, 2.75) is 26.2 Å². The Balaban J connectivity index is 1.35. The van der Waals surface area contributed by atoms with Gasteiger partial charge in [-0.2, -0.15) is 0 Å². The summed E-state index contributed by atoms with van der Waals surface area (Å²) in [6.45, 7) is 6.38. The number of rotatable bonds is 4. The fraction of sp³-hybridized carbons (Fsp3) is 0.250. The van der Waals surface area contributed by atoms with Crippen LogP contribution in [-0.2, 0) is 5.41 Å². The Morgan fingerprint density at radius 2 is 1.93 bits per heavy atom. The maximum atomic E-state index is 12.2. The number of ether oxygens (including phenoxy) is 2. The largest absolute Gasteiger partial charge is 0.454 e. The Labute approximate surface area is 171 Å². The minimum atomic E-state index is -0.392. The molecule has 0 radical (unpaired) electrons. The fourth-order valence-corrected chi connectivity index (χ4v) is 3.23. The normalized spacial score (nSPS) is 13.1. The number of urea groups is 1. The van der Waals surface area contributed by atoms with Gasteiger partial charge in [-0.25, -0.2) is 14.8 Å². The van der Waals surface area contributed by atoms with Crippen LogP contribution in [0.2, 0.25) is 0 Å². The van der Waals surface area contributed by atoms with Gasteiger partial charge in [0.25, 0.3) is 0 Å². The summed E-state index contributed by atoms with van der Waals surface area (Å²) in [5.41, 5.74) is 0.508. The first-order chi connectivity index (χ1) is 13.9. The number of hydrogen-bond acceptors (Lipinski definition) is 7. The average molecular weight is 412 g/mol. The second-order valence-corrected chi connectivity index (χ2v) is 8.42. The van der Waals surface area contributed by atoms with E-state index in [9.17, 15) is 4.79 Å². The van der Waals surface area contributed by atoms with Crippen LogP contribution in [0, 0.1) is 0 Å². The van der Waals surface area contributed by atoms with E-state index in [1.54, 1.807) is 36.7 Å². The zero-order chi connectivity index (χ0) is 20.4. The Hall–Kier alpha value is -3.33. The molecule has 0 atom stereocenters. The summed E-state index contributed by atoms with van der Waals surface area (Å²) in [6.07, 6.45) is 7.03. The van der Waals surface area contributed by atoms with Gasteiger partial charge < -0.3 is 19.2 Å². The first kappa shape index (κ1) is 19.0. The summed E-state index contributed by atoms with van der Waals surface area (Å²) in [5.74, 6) is 2.61. The maximum Gasteiger partial charge on any atom is 0.325 e. The summed E-state index contributed by atoms with van der Waals surface area (Å²) in [5, 5.41) is 5.93. The highest BCUT2D eigenvalue weighted by Crippen LogP contribution is 2.34. The smallest absolute Gasteiger partial charge is 0.325 e. The molecule has 1 aliphatic rings. The van der Waals surface area contributed by atoms with Gasteiger partial charge in [0, 0.05) is 34.3 Å². The second kappa shape index (κ2) is 7.59. The summed E-state index contributed by atoms with van der Waals surface area (Å²) in [4.78, 5) is 21.5. The molecule has 1 aromatic carbocycles. The summed E-state index contributed by atoms with van der Waals surface area (Å²) in [7, 11) is 0. The van der Waals surface area contributed by atoms with Crippen molar-refractivity contribution in [2.24, 2.45) is 0 Å². The molecule has 1 aliphatic heterocycles. The van der Waals surface area contributed by atoms with Gasteiger partial charge >= 0.3 is 6.03 Å². The van der Waals surface area contributed by atoms with E-state index in [0.29, 0.717) is 28.2 Å². The van der Waals surface area contributed by atoms with Crippen LogP contribution in [-0.4, -0.2) is 22.8 Å². The average Bonchev–Trinajstić information content (AvgIpc) is 3.39. The number of amides is 2. The third-order valence-electron chi connectivity index (χ3n) is 4.03. The van der Waals surface area contributed by atoms with Gasteiger partial charge in [-0.15, -0.1) is 0 Å². The molecule has 2 aromatic heterocycles. The molecule has 3 aromatic rings. The van der Waals surface area contributed by atoms with Gasteiger partial charge in [0.05, 0.1) is 6.20 Å². The van der Waals surface area contributed by atoms with E-state index < -0.39 is 6.03 Å². The van der Waals surface area contributed by atoms with Crippen molar-refractivity contribution < 1.29 is 18.7 Å². The number of oxazole rings is 1. The highest BCUT2D eigenvalue weighted by molar-refractivity contribution is 7.16. The van der Waals surface area contributed by atoms with Crippen molar-refractivity contribution in [3.8, 4) is 11.5 Å². The molecule has 2 amide bonds. The van der Waals surface area contributed by atoms with Crippen LogP contribution in [0.3, 0.4) is 0 Å². The van der Waals surface area contributed by atoms with Crippen molar-refractivity contribution in [2.75, 3.05) is 17.4 Å². The molecule has 2 N–H and O–H groups in total. The van der Waals surface area contributed by atoms with Crippen LogP contribution in [0.4, 0.5) is 15.6 Å². The minimum Gasteiger partial charge on any atom is -0.454 e. The van der Waals surface area contributed by atoms with E-state index in [1.165, 1.54) is 11.3 Å². The first-order valence-electron chi connectivity index (χ1n) is 8.95. The number of benzene rings is 1. The topological polar surface area (TPSA) is 98.5 Å². The predicted molar refractivity (Wildman–Crippen MR) is 111 cm³/mol. The van der Waals surface area contributed by atoms with Crippen LogP contribution in [0.25, 0.3) is 12.2 Å². The zero-order valence-electron chi connectivity index (χ0n) is 16.2. The lowest BCUT2D eigenvalue weighted by molar-refractivity contribution is 0.174. The van der Waals surface area contributed by atoms with Crippen molar-refractivity contribution in [3.63, 3.8) is 0 Å². The van der Waals surface area contributed by atoms with Crippen molar-refractivity contribution >= 4 is 40.3 Å². The van der Waals surface area contributed by atoms with Crippen molar-refractivity contribution in [3.05, 3.63) is 47.1 Å². The van der Waals surface area contributed by atoms with E-state index in [2.05, 4.69) is 41.4 Å². The Morgan fingerprint density at radius 3 is 2.72 bits per heavy atom. The van der Waals surface area contributed by atoms with Crippen molar-refractivity contribution in [1.82, 2.24) is 9.97 Å². The number of fused-ring (bicyclic) bond motifs is 1. The maximum absolute atomic E-state index is 12.2. The van der Waals surface area contributed by atoms with Gasteiger partial charge in [-0.3, -0.25) is 5.32 Å². The molecule has 29 heavy (non-hydrogen) atoms. The Bertz CT molecular complexity index is 1060. The SMILES string of the molecule is CC(C)(C)c1cnc(C=Cc2cnc(NC(=O)Nc3ccc4c(c3)OCO4)s2)o1. The first-order valence-corrected chi connectivity index (χ1v) is 9.76. The molecule has 0 aliphatic carbocycles. The standard InChI is InChI=1S/C20H20N4O4S/c1-20(2,3)16-10-21-17(28-16)7-5-13-9-22-19(29-13)24-18(25)23-12-4-6-14-15(8-12)27-11-26-14/h4-10H,11H2,1-3H3,(H2,22,23,24,25). The number of aromatic nitrogens is 2. The van der Waals surface area contributed by atoms with Gasteiger partial charge in [0.1, 0.15) is 5.76 Å². The third kappa shape index (κ3) is 4.57. The second-order valence-electron chi connectivity index (χ2n) is 7.36. The van der Waals surface area contributed by atoms with E-state index in [0.717, 1.165) is 10.6 Å². The van der Waals surface area contributed by atoms with Gasteiger partial charge in [0.15, 0.2) is 16.6 Å². The van der Waals surface area contributed by atoms with E-state index >= 15 is 0 Å². The molecule has 4 rings (SSSR count). The van der Waals surface area contributed by atoms with Gasteiger partial charge in [0.2, 0.25) is 12.7 Å². The highest BCUT2D eigenvalue weighted by atomic mass is 32.1. The molecule has 0 fully saturated rings. The lowest BCUT2D eigenvalue weighted by atomic mass is 9.94. The molecule has 8 nitrogen and oxygen atoms in total. The van der Waals surface area contributed by atoms with Gasteiger partial charge in [-0.1, -0.05) is 32.1 Å². The number of nitrogens with one attached hydrogen (secondary N) is 2. The van der Waals surface area contributed by atoms with Crippen LogP contribution in [0.15, 0.2) is 35.0 Å². The molecule has 0 spiro atoms. The Kier molecular flexibility index (Phi) is 4.98. The minimum absolute atomic E-state index is 0.0913. The number of carbonyl (C=O) groups excluding carboxylic acids is 1. The predicted octanol–water partition coefficient (Wildman–Crippen LogP) is 4.97. The molecule has 0 saturated heterocycles. The number of thiazole rings is 1. The summed E-state index contributed by atoms with van der Waals surface area (Å²) < 4.78 is 16.3. The lowest BCUT2D eigenvalue weighted by Crippen LogP contribution is -2.19. The van der Waals surface area contributed by atoms with Gasteiger partial charge in [-0.05, 0) is 18.2 Å². The van der Waals surface area contributed by atoms with E-state index in [-0.39, 0.29) is 12.2 Å². The lowest BCUT2D eigenvalue weighted by Gasteiger charge is -2.12. The number of hydrogen-bond donors (Lipinski definition) is 2. The number of nitrogens with zero attached hydrogens (tertiary/aromatic N) is 2. The molecular weight excluding hydrogens is 392 g/mol. The molecule has 0 bridgehead atoms. The quantitative estimate of drug-likeness (QED) is 0.628. The highest BCUT2D eigenvalue weighted by Gasteiger charge is 2.18. The van der Waals surface area contributed by atoms with Crippen LogP contribution < -0.4 is 20.1 Å². The van der Waals surface area contributed by atoms with E-state index in [1.807, 2.05) is 6.08 Å². The third-order valence-corrected chi connectivity index (χ3v) is 4.91. The molecule has 9 heteroatoms. The Morgan fingerprint density at radius 1 is 1.10 bits per heavy atom. The summed E-state index contributed by atoms with van der Waals surface area (Å²) >= 11 is 1.34. The number of carbonyl (C=O) groups is 1. The zero-order valence-corrected chi connectivity index (χ0v) is 17.0. The molecule has 0 unspecified atom stereocenters. The monoisotopic (exact) mass is 412 g/mol.